The zero-order valence-electron chi connectivity index (χ0n) is 16.8. The zero-order valence-corrected chi connectivity index (χ0v) is 17.6. The van der Waals surface area contributed by atoms with Gasteiger partial charge >= 0.3 is 0 Å². The molecule has 3 aromatic rings. The molecule has 0 atom stereocenters. The second kappa shape index (κ2) is 7.28. The van der Waals surface area contributed by atoms with E-state index in [2.05, 4.69) is 5.32 Å². The molecule has 30 heavy (non-hydrogen) atoms. The number of rotatable bonds is 3. The molecule has 1 aliphatic heterocycles. The normalized spacial score (nSPS) is 14.3. The van der Waals surface area contributed by atoms with E-state index in [1.807, 2.05) is 13.0 Å². The molecule has 0 fully saturated rings. The summed E-state index contributed by atoms with van der Waals surface area (Å²) in [5.74, 6) is -0.825. The van der Waals surface area contributed by atoms with Crippen LogP contribution in [0, 0.1) is 5.82 Å². The molecular formula is C22H21FN2O4S. The Labute approximate surface area is 174 Å². The van der Waals surface area contributed by atoms with Crippen molar-refractivity contribution in [2.75, 3.05) is 24.2 Å². The number of carbonyl (C=O) groups excluding carboxylic acids is 1. The molecule has 0 aliphatic carbocycles. The molecule has 1 N–H and O–H groups in total. The number of anilines is 1. The number of benzene rings is 2. The predicted molar refractivity (Wildman–Crippen MR) is 115 cm³/mol. The van der Waals surface area contributed by atoms with Gasteiger partial charge in [-0.05, 0) is 37.1 Å². The van der Waals surface area contributed by atoms with Crippen molar-refractivity contribution in [3.05, 3.63) is 59.4 Å². The zero-order chi connectivity index (χ0) is 21.6. The first-order valence-electron chi connectivity index (χ1n) is 9.44. The van der Waals surface area contributed by atoms with E-state index in [-0.39, 0.29) is 16.9 Å². The second-order valence-electron chi connectivity index (χ2n) is 7.24. The molecule has 1 amide bonds. The molecule has 0 bridgehead atoms. The highest BCUT2D eigenvalue weighted by Gasteiger charge is 2.28. The van der Waals surface area contributed by atoms with Gasteiger partial charge in [0.1, 0.15) is 11.4 Å². The fourth-order valence-corrected chi connectivity index (χ4v) is 4.76. The first-order chi connectivity index (χ1) is 14.2. The summed E-state index contributed by atoms with van der Waals surface area (Å²) in [6, 6.07) is 9.42. The van der Waals surface area contributed by atoms with Gasteiger partial charge in [0.05, 0.1) is 23.1 Å². The highest BCUT2D eigenvalue weighted by Crippen LogP contribution is 2.41. The fraction of sp³-hybridized carbons (Fsp3) is 0.227. The van der Waals surface area contributed by atoms with E-state index < -0.39 is 21.7 Å². The summed E-state index contributed by atoms with van der Waals surface area (Å²) >= 11 is 0. The fourth-order valence-electron chi connectivity index (χ4n) is 3.81. The first-order valence-corrected chi connectivity index (χ1v) is 11.3. The van der Waals surface area contributed by atoms with Crippen LogP contribution >= 0.6 is 0 Å². The Hall–Kier alpha value is -3.13. The minimum Gasteiger partial charge on any atom is -0.455 e. The Balaban J connectivity index is 2.08. The molecule has 0 spiro atoms. The van der Waals surface area contributed by atoms with Crippen molar-refractivity contribution in [1.82, 2.24) is 5.32 Å². The SMILES string of the molecule is CNC(=O)c1c(-c2ccccc2F)oc2cc3c(cc12)C(C)=CCCN3S(C)(=O)=O. The number of hydrogen-bond donors (Lipinski definition) is 1. The summed E-state index contributed by atoms with van der Waals surface area (Å²) in [4.78, 5) is 12.7. The summed E-state index contributed by atoms with van der Waals surface area (Å²) in [5.41, 5.74) is 2.76. The van der Waals surface area contributed by atoms with Gasteiger partial charge < -0.3 is 9.73 Å². The average molecular weight is 428 g/mol. The molecule has 1 aliphatic rings. The lowest BCUT2D eigenvalue weighted by Crippen LogP contribution is -2.30. The van der Waals surface area contributed by atoms with Gasteiger partial charge in [-0.25, -0.2) is 12.8 Å². The number of hydrogen-bond acceptors (Lipinski definition) is 4. The number of nitrogens with one attached hydrogen (secondary N) is 1. The van der Waals surface area contributed by atoms with Crippen LogP contribution in [0.3, 0.4) is 0 Å². The Bertz CT molecular complexity index is 1310. The van der Waals surface area contributed by atoms with Crippen LogP contribution in [0.2, 0.25) is 0 Å². The lowest BCUT2D eigenvalue weighted by Gasteiger charge is -2.22. The third-order valence-corrected chi connectivity index (χ3v) is 6.44. The number of carbonyl (C=O) groups is 1. The molecule has 2 heterocycles. The van der Waals surface area contributed by atoms with Crippen LogP contribution in [-0.2, 0) is 10.0 Å². The number of halogens is 1. The summed E-state index contributed by atoms with van der Waals surface area (Å²) in [7, 11) is -2.03. The number of amides is 1. The summed E-state index contributed by atoms with van der Waals surface area (Å²) in [6.45, 7) is 2.20. The van der Waals surface area contributed by atoms with Crippen molar-refractivity contribution >= 4 is 38.2 Å². The van der Waals surface area contributed by atoms with E-state index in [9.17, 15) is 17.6 Å². The molecule has 0 radical (unpaired) electrons. The van der Waals surface area contributed by atoms with Crippen molar-refractivity contribution in [1.29, 1.82) is 0 Å². The maximum atomic E-state index is 14.5. The smallest absolute Gasteiger partial charge is 0.255 e. The van der Waals surface area contributed by atoms with Crippen molar-refractivity contribution in [3.63, 3.8) is 0 Å². The van der Waals surface area contributed by atoms with Crippen LogP contribution < -0.4 is 9.62 Å². The first kappa shape index (κ1) is 20.2. The number of sulfonamides is 1. The largest absolute Gasteiger partial charge is 0.455 e. The highest BCUT2D eigenvalue weighted by atomic mass is 32.2. The van der Waals surface area contributed by atoms with E-state index in [4.69, 9.17) is 4.42 Å². The molecule has 0 saturated carbocycles. The molecule has 0 saturated heterocycles. The Morgan fingerprint density at radius 2 is 1.93 bits per heavy atom. The molecule has 8 heteroatoms. The molecule has 6 nitrogen and oxygen atoms in total. The third kappa shape index (κ3) is 3.27. The number of allylic oxidation sites excluding steroid dienone is 1. The molecule has 2 aromatic carbocycles. The minimum absolute atomic E-state index is 0.107. The summed E-state index contributed by atoms with van der Waals surface area (Å²) in [5, 5.41) is 3.08. The van der Waals surface area contributed by atoms with Crippen LogP contribution in [0.15, 0.2) is 46.9 Å². The minimum atomic E-state index is -3.52. The second-order valence-corrected chi connectivity index (χ2v) is 9.15. The number of fused-ring (bicyclic) bond motifs is 2. The lowest BCUT2D eigenvalue weighted by atomic mass is 9.99. The Morgan fingerprint density at radius 3 is 2.60 bits per heavy atom. The van der Waals surface area contributed by atoms with E-state index in [1.165, 1.54) is 17.4 Å². The van der Waals surface area contributed by atoms with Crippen molar-refractivity contribution in [2.45, 2.75) is 13.3 Å². The maximum Gasteiger partial charge on any atom is 0.255 e. The molecule has 0 unspecified atom stereocenters. The average Bonchev–Trinajstić information content (AvgIpc) is 2.98. The van der Waals surface area contributed by atoms with Crippen LogP contribution in [0.25, 0.3) is 27.9 Å². The monoisotopic (exact) mass is 428 g/mol. The Morgan fingerprint density at radius 1 is 1.20 bits per heavy atom. The third-order valence-electron chi connectivity index (χ3n) is 5.26. The van der Waals surface area contributed by atoms with Crippen molar-refractivity contribution < 1.29 is 22.0 Å². The van der Waals surface area contributed by atoms with Gasteiger partial charge in [-0.2, -0.15) is 0 Å². The standard InChI is InChI=1S/C22H21FN2O4S/c1-13-7-6-10-25(30(3,27)28)18-12-19-16(11-15(13)18)20(22(26)24-2)21(29-19)14-8-4-5-9-17(14)23/h4-5,7-9,11-12H,6,10H2,1-3H3,(H,24,26). The predicted octanol–water partition coefficient (Wildman–Crippen LogP) is 4.17. The molecule has 1 aromatic heterocycles. The van der Waals surface area contributed by atoms with Gasteiger partial charge in [0.25, 0.3) is 5.91 Å². The van der Waals surface area contributed by atoms with Gasteiger partial charge in [-0.1, -0.05) is 18.2 Å². The van der Waals surface area contributed by atoms with Crippen LogP contribution in [0.1, 0.15) is 29.3 Å². The highest BCUT2D eigenvalue weighted by molar-refractivity contribution is 7.92. The number of furan rings is 1. The summed E-state index contributed by atoms with van der Waals surface area (Å²) < 4.78 is 46.6. The van der Waals surface area contributed by atoms with E-state index >= 15 is 0 Å². The van der Waals surface area contributed by atoms with Gasteiger partial charge in [0, 0.05) is 30.6 Å². The van der Waals surface area contributed by atoms with Crippen molar-refractivity contribution in [2.24, 2.45) is 0 Å². The summed E-state index contributed by atoms with van der Waals surface area (Å²) in [6.07, 6.45) is 3.69. The Kier molecular flexibility index (Phi) is 4.89. The quantitative estimate of drug-likeness (QED) is 0.679. The van der Waals surface area contributed by atoms with E-state index in [0.717, 1.165) is 11.8 Å². The molecule has 4 rings (SSSR count). The van der Waals surface area contributed by atoms with E-state index in [0.29, 0.717) is 35.2 Å². The van der Waals surface area contributed by atoms with Crippen LogP contribution in [0.5, 0.6) is 0 Å². The topological polar surface area (TPSA) is 79.6 Å². The molecule has 156 valence electrons. The molecular weight excluding hydrogens is 407 g/mol. The maximum absolute atomic E-state index is 14.5. The van der Waals surface area contributed by atoms with Crippen molar-refractivity contribution in [3.8, 4) is 11.3 Å². The van der Waals surface area contributed by atoms with Gasteiger partial charge in [0.2, 0.25) is 10.0 Å². The van der Waals surface area contributed by atoms with Gasteiger partial charge in [-0.3, -0.25) is 9.10 Å². The van der Waals surface area contributed by atoms with Crippen LogP contribution in [0.4, 0.5) is 10.1 Å². The van der Waals surface area contributed by atoms with Crippen LogP contribution in [-0.4, -0.2) is 34.2 Å². The van der Waals surface area contributed by atoms with E-state index in [1.54, 1.807) is 30.3 Å². The lowest BCUT2D eigenvalue weighted by molar-refractivity contribution is 0.0964. The number of nitrogens with zero attached hydrogens (tertiary/aromatic N) is 1. The van der Waals surface area contributed by atoms with Gasteiger partial charge in [0.15, 0.2) is 5.76 Å². The van der Waals surface area contributed by atoms with Gasteiger partial charge in [-0.15, -0.1) is 0 Å².